The molecule has 0 amide bonds. The second-order valence-corrected chi connectivity index (χ2v) is 9.19. The monoisotopic (exact) mass is 328 g/mol. The van der Waals surface area contributed by atoms with Crippen molar-refractivity contribution in [3.63, 3.8) is 0 Å². The molecule has 2 aromatic rings. The van der Waals surface area contributed by atoms with Gasteiger partial charge in [-0.1, -0.05) is 71.9 Å². The van der Waals surface area contributed by atoms with Crippen molar-refractivity contribution in [2.45, 2.75) is 63.0 Å². The Bertz CT molecular complexity index is 625. The lowest BCUT2D eigenvalue weighted by molar-refractivity contribution is 0.423. The van der Waals surface area contributed by atoms with Crippen molar-refractivity contribution in [1.29, 1.82) is 0 Å². The highest BCUT2D eigenvalue weighted by Gasteiger charge is 2.26. The molecule has 0 spiro atoms. The van der Waals surface area contributed by atoms with Crippen molar-refractivity contribution < 1.29 is 5.11 Å². The molecule has 0 aliphatic rings. The Morgan fingerprint density at radius 1 is 0.826 bits per heavy atom. The lowest BCUT2D eigenvalue weighted by Crippen LogP contribution is -2.17. The van der Waals surface area contributed by atoms with Gasteiger partial charge in [0.15, 0.2) is 0 Å². The Morgan fingerprint density at radius 3 is 1.74 bits per heavy atom. The number of phenolic OH excluding ortho intramolecular Hbond substituents is 1. The Hall–Kier alpha value is -1.41. The number of thioether (sulfide) groups is 1. The molecule has 23 heavy (non-hydrogen) atoms. The maximum atomic E-state index is 10.8. The van der Waals surface area contributed by atoms with E-state index in [4.69, 9.17) is 0 Å². The lowest BCUT2D eigenvalue weighted by Gasteiger charge is -2.28. The topological polar surface area (TPSA) is 20.2 Å². The number of rotatable bonds is 3. The summed E-state index contributed by atoms with van der Waals surface area (Å²) >= 11 is 1.84. The molecule has 2 heteroatoms. The molecule has 0 unspecified atom stereocenters. The van der Waals surface area contributed by atoms with Gasteiger partial charge in [-0.25, -0.2) is 0 Å². The Kier molecular flexibility index (Phi) is 5.15. The maximum Gasteiger partial charge on any atom is 0.123 e. The van der Waals surface area contributed by atoms with Crippen LogP contribution in [-0.4, -0.2) is 5.11 Å². The summed E-state index contributed by atoms with van der Waals surface area (Å²) in [5.41, 5.74) is 3.20. The molecule has 0 saturated carbocycles. The molecule has 0 heterocycles. The highest BCUT2D eigenvalue weighted by atomic mass is 32.2. The predicted molar refractivity (Wildman–Crippen MR) is 102 cm³/mol. The zero-order valence-electron chi connectivity index (χ0n) is 15.1. The van der Waals surface area contributed by atoms with Crippen molar-refractivity contribution in [1.82, 2.24) is 0 Å². The standard InChI is InChI=1S/C21H28OS/c1-20(2,3)17-12-15(13-18(19(17)22)21(4,5)6)14-23-16-10-8-7-9-11-16/h7-13,22H,14H2,1-6H3. The SMILES string of the molecule is CC(C)(C)c1cc(CSc2ccccc2)cc(C(C)(C)C)c1O. The summed E-state index contributed by atoms with van der Waals surface area (Å²) in [7, 11) is 0. The van der Waals surface area contributed by atoms with Gasteiger partial charge in [-0.2, -0.15) is 0 Å². The summed E-state index contributed by atoms with van der Waals surface area (Å²) < 4.78 is 0. The zero-order valence-corrected chi connectivity index (χ0v) is 15.9. The highest BCUT2D eigenvalue weighted by molar-refractivity contribution is 7.98. The third-order valence-corrected chi connectivity index (χ3v) is 5.02. The largest absolute Gasteiger partial charge is 0.507 e. The van der Waals surface area contributed by atoms with Crippen LogP contribution in [0.15, 0.2) is 47.4 Å². The molecule has 2 aromatic carbocycles. The van der Waals surface area contributed by atoms with E-state index in [0.29, 0.717) is 5.75 Å². The van der Waals surface area contributed by atoms with Crippen LogP contribution in [0.3, 0.4) is 0 Å². The van der Waals surface area contributed by atoms with Crippen molar-refractivity contribution in [2.24, 2.45) is 0 Å². The number of hydrogen-bond donors (Lipinski definition) is 1. The predicted octanol–water partition coefficient (Wildman–Crippen LogP) is 6.28. The molecular formula is C21H28OS. The van der Waals surface area contributed by atoms with E-state index in [2.05, 4.69) is 77.9 Å². The second-order valence-electron chi connectivity index (χ2n) is 8.14. The number of benzene rings is 2. The zero-order chi connectivity index (χ0) is 17.3. The van der Waals surface area contributed by atoms with E-state index in [9.17, 15) is 5.11 Å². The summed E-state index contributed by atoms with van der Waals surface area (Å²) in [4.78, 5) is 1.27. The van der Waals surface area contributed by atoms with Gasteiger partial charge in [-0.05, 0) is 39.7 Å². The first-order valence-electron chi connectivity index (χ1n) is 8.14. The Balaban J connectivity index is 2.40. The molecular weight excluding hydrogens is 300 g/mol. The molecule has 0 atom stereocenters. The molecule has 0 aliphatic heterocycles. The van der Waals surface area contributed by atoms with Crippen LogP contribution < -0.4 is 0 Å². The van der Waals surface area contributed by atoms with E-state index in [-0.39, 0.29) is 10.8 Å². The summed E-state index contributed by atoms with van der Waals surface area (Å²) in [5, 5.41) is 10.8. The average Bonchev–Trinajstić information content (AvgIpc) is 2.44. The van der Waals surface area contributed by atoms with Crippen LogP contribution in [-0.2, 0) is 16.6 Å². The van der Waals surface area contributed by atoms with Crippen LogP contribution in [0.4, 0.5) is 0 Å². The first-order valence-corrected chi connectivity index (χ1v) is 9.12. The van der Waals surface area contributed by atoms with Gasteiger partial charge in [-0.15, -0.1) is 11.8 Å². The molecule has 0 saturated heterocycles. The molecule has 0 fully saturated rings. The quantitative estimate of drug-likeness (QED) is 0.669. The normalized spacial score (nSPS) is 12.4. The average molecular weight is 329 g/mol. The van der Waals surface area contributed by atoms with E-state index in [1.54, 1.807) is 0 Å². The molecule has 0 bridgehead atoms. The van der Waals surface area contributed by atoms with Crippen molar-refractivity contribution in [3.05, 3.63) is 59.2 Å². The fourth-order valence-corrected chi connectivity index (χ4v) is 3.45. The van der Waals surface area contributed by atoms with Gasteiger partial charge in [0.2, 0.25) is 0 Å². The van der Waals surface area contributed by atoms with Crippen LogP contribution in [0.1, 0.15) is 58.2 Å². The summed E-state index contributed by atoms with van der Waals surface area (Å²) in [6.45, 7) is 12.9. The third kappa shape index (κ3) is 4.54. The van der Waals surface area contributed by atoms with Crippen LogP contribution in [0.2, 0.25) is 0 Å². The number of aromatic hydroxyl groups is 1. The van der Waals surface area contributed by atoms with Crippen LogP contribution >= 0.6 is 11.8 Å². The van der Waals surface area contributed by atoms with Gasteiger partial charge in [0.05, 0.1) is 0 Å². The molecule has 0 aliphatic carbocycles. The number of phenols is 1. The van der Waals surface area contributed by atoms with E-state index >= 15 is 0 Å². The molecule has 0 radical (unpaired) electrons. The fourth-order valence-electron chi connectivity index (χ4n) is 2.60. The minimum Gasteiger partial charge on any atom is -0.507 e. The fraction of sp³-hybridized carbons (Fsp3) is 0.429. The van der Waals surface area contributed by atoms with Crippen molar-refractivity contribution in [2.75, 3.05) is 0 Å². The summed E-state index contributed by atoms with van der Waals surface area (Å²) in [6.07, 6.45) is 0. The van der Waals surface area contributed by atoms with Crippen molar-refractivity contribution in [3.8, 4) is 5.75 Å². The first kappa shape index (κ1) is 17.9. The van der Waals surface area contributed by atoms with E-state index in [1.807, 2.05) is 17.8 Å². The van der Waals surface area contributed by atoms with Gasteiger partial charge in [-0.3, -0.25) is 0 Å². The Labute approximate surface area is 145 Å². The van der Waals surface area contributed by atoms with Gasteiger partial charge in [0.25, 0.3) is 0 Å². The first-order chi connectivity index (χ1) is 10.6. The number of hydrogen-bond acceptors (Lipinski definition) is 2. The second kappa shape index (κ2) is 6.60. The van der Waals surface area contributed by atoms with Gasteiger partial charge in [0.1, 0.15) is 5.75 Å². The smallest absolute Gasteiger partial charge is 0.123 e. The third-order valence-electron chi connectivity index (χ3n) is 3.93. The van der Waals surface area contributed by atoms with Gasteiger partial charge >= 0.3 is 0 Å². The van der Waals surface area contributed by atoms with Crippen LogP contribution in [0, 0.1) is 0 Å². The molecule has 0 aromatic heterocycles. The van der Waals surface area contributed by atoms with Crippen LogP contribution in [0.25, 0.3) is 0 Å². The lowest BCUT2D eigenvalue weighted by atomic mass is 9.78. The van der Waals surface area contributed by atoms with E-state index < -0.39 is 0 Å². The van der Waals surface area contributed by atoms with Crippen LogP contribution in [0.5, 0.6) is 5.75 Å². The minimum atomic E-state index is -0.0719. The van der Waals surface area contributed by atoms with Gasteiger partial charge in [0, 0.05) is 10.6 Å². The minimum absolute atomic E-state index is 0.0719. The molecule has 1 N–H and O–H groups in total. The molecule has 124 valence electrons. The van der Waals surface area contributed by atoms with E-state index in [0.717, 1.165) is 16.9 Å². The molecule has 1 nitrogen and oxygen atoms in total. The van der Waals surface area contributed by atoms with Gasteiger partial charge < -0.3 is 5.11 Å². The Morgan fingerprint density at radius 2 is 1.30 bits per heavy atom. The molecule has 2 rings (SSSR count). The van der Waals surface area contributed by atoms with Crippen molar-refractivity contribution >= 4 is 11.8 Å². The summed E-state index contributed by atoms with van der Waals surface area (Å²) in [6, 6.07) is 14.8. The maximum absolute atomic E-state index is 10.8. The summed E-state index contributed by atoms with van der Waals surface area (Å²) in [5.74, 6) is 1.37. The highest BCUT2D eigenvalue weighted by Crippen LogP contribution is 2.40. The van der Waals surface area contributed by atoms with E-state index in [1.165, 1.54) is 10.5 Å².